The van der Waals surface area contributed by atoms with Gasteiger partial charge in [-0.2, -0.15) is 0 Å². The van der Waals surface area contributed by atoms with Gasteiger partial charge in [0.2, 0.25) is 0 Å². The maximum atomic E-state index is 12.9. The molecule has 28 heavy (non-hydrogen) atoms. The van der Waals surface area contributed by atoms with Crippen LogP contribution in [-0.4, -0.2) is 38.2 Å². The molecule has 0 spiro atoms. The van der Waals surface area contributed by atoms with Gasteiger partial charge in [0.1, 0.15) is 12.3 Å². The average Bonchev–Trinajstić information content (AvgIpc) is 3.06. The summed E-state index contributed by atoms with van der Waals surface area (Å²) >= 11 is 0. The minimum absolute atomic E-state index is 0.204. The molecular weight excluding hydrogens is 360 g/mol. The normalized spacial score (nSPS) is 21.9. The van der Waals surface area contributed by atoms with Crippen LogP contribution < -0.4 is 11.2 Å². The highest BCUT2D eigenvalue weighted by Crippen LogP contribution is 2.27. The van der Waals surface area contributed by atoms with E-state index in [0.717, 1.165) is 12.8 Å². The van der Waals surface area contributed by atoms with Crippen LogP contribution in [0.25, 0.3) is 0 Å². The lowest BCUT2D eigenvalue weighted by Crippen LogP contribution is -2.42. The second-order valence-electron chi connectivity index (χ2n) is 7.46. The zero-order chi connectivity index (χ0) is 20.3. The standard InChI is InChI=1S/C21H28N2O5/c1-14-7-3-4-8-16(14)9-5-6-10-22-20(26)15(2)12-23(21(22)27)19-11-17(25)18(13-24)28-19/h3-4,7-8,12,17-19,24-25H,5-6,9-11,13H2,1-2H3/t17-,18+,19+/m0/s1. The molecule has 7 heteroatoms. The molecule has 1 saturated heterocycles. The van der Waals surface area contributed by atoms with E-state index in [1.807, 2.05) is 12.1 Å². The van der Waals surface area contributed by atoms with Gasteiger partial charge in [0.25, 0.3) is 5.56 Å². The number of benzene rings is 1. The summed E-state index contributed by atoms with van der Waals surface area (Å²) < 4.78 is 8.19. The van der Waals surface area contributed by atoms with Crippen molar-refractivity contribution < 1.29 is 14.9 Å². The van der Waals surface area contributed by atoms with Gasteiger partial charge in [-0.1, -0.05) is 24.3 Å². The number of aromatic nitrogens is 2. The van der Waals surface area contributed by atoms with Gasteiger partial charge >= 0.3 is 5.69 Å². The Kier molecular flexibility index (Phi) is 6.49. The van der Waals surface area contributed by atoms with E-state index in [4.69, 9.17) is 4.74 Å². The predicted octanol–water partition coefficient (Wildman–Crippen LogP) is 1.29. The maximum absolute atomic E-state index is 12.9. The molecule has 7 nitrogen and oxygen atoms in total. The van der Waals surface area contributed by atoms with E-state index in [1.54, 1.807) is 6.92 Å². The van der Waals surface area contributed by atoms with Crippen LogP contribution in [-0.2, 0) is 17.7 Å². The third kappa shape index (κ3) is 4.27. The van der Waals surface area contributed by atoms with Gasteiger partial charge in [-0.15, -0.1) is 0 Å². The van der Waals surface area contributed by atoms with Crippen LogP contribution in [0.4, 0.5) is 0 Å². The highest BCUT2D eigenvalue weighted by molar-refractivity contribution is 5.25. The van der Waals surface area contributed by atoms with Gasteiger partial charge in [0.15, 0.2) is 0 Å². The first-order valence-electron chi connectivity index (χ1n) is 9.74. The van der Waals surface area contributed by atoms with Gasteiger partial charge < -0.3 is 14.9 Å². The number of aliphatic hydroxyl groups is 2. The summed E-state index contributed by atoms with van der Waals surface area (Å²) in [5, 5.41) is 19.2. The van der Waals surface area contributed by atoms with E-state index in [1.165, 1.54) is 26.5 Å². The molecule has 152 valence electrons. The molecule has 0 bridgehead atoms. The Balaban J connectivity index is 1.72. The minimum Gasteiger partial charge on any atom is -0.394 e. The molecule has 3 rings (SSSR count). The number of ether oxygens (including phenoxy) is 1. The third-order valence-corrected chi connectivity index (χ3v) is 5.40. The van der Waals surface area contributed by atoms with Crippen LogP contribution in [0.2, 0.25) is 0 Å². The monoisotopic (exact) mass is 388 g/mol. The van der Waals surface area contributed by atoms with Crippen LogP contribution in [0.1, 0.15) is 42.2 Å². The molecule has 1 aliphatic heterocycles. The van der Waals surface area contributed by atoms with Crippen molar-refractivity contribution in [3.05, 3.63) is 68.0 Å². The van der Waals surface area contributed by atoms with Crippen molar-refractivity contribution in [2.24, 2.45) is 0 Å². The molecule has 1 aromatic carbocycles. The van der Waals surface area contributed by atoms with Crippen molar-refractivity contribution in [2.75, 3.05) is 6.61 Å². The third-order valence-electron chi connectivity index (χ3n) is 5.40. The van der Waals surface area contributed by atoms with E-state index in [9.17, 15) is 19.8 Å². The lowest BCUT2D eigenvalue weighted by Gasteiger charge is -2.17. The van der Waals surface area contributed by atoms with Gasteiger partial charge in [0.05, 0.1) is 12.7 Å². The predicted molar refractivity (Wildman–Crippen MR) is 105 cm³/mol. The number of nitrogens with zero attached hydrogens (tertiary/aromatic N) is 2. The first-order chi connectivity index (χ1) is 13.4. The molecular formula is C21H28N2O5. The van der Waals surface area contributed by atoms with Gasteiger partial charge in [-0.3, -0.25) is 13.9 Å². The SMILES string of the molecule is Cc1ccccc1CCCCn1c(=O)c(C)cn([C@H]2C[C@H](O)[C@@H](CO)O2)c1=O. The van der Waals surface area contributed by atoms with E-state index < -0.39 is 24.1 Å². The molecule has 0 aliphatic carbocycles. The van der Waals surface area contributed by atoms with Crippen molar-refractivity contribution in [2.45, 2.75) is 64.5 Å². The van der Waals surface area contributed by atoms with Crippen molar-refractivity contribution in [3.63, 3.8) is 0 Å². The highest BCUT2D eigenvalue weighted by atomic mass is 16.5. The Labute approximate surface area is 163 Å². The summed E-state index contributed by atoms with van der Waals surface area (Å²) in [6, 6.07) is 8.20. The molecule has 1 fully saturated rings. The van der Waals surface area contributed by atoms with E-state index in [-0.39, 0.29) is 18.6 Å². The molecule has 1 aromatic heterocycles. The zero-order valence-electron chi connectivity index (χ0n) is 16.4. The summed E-state index contributed by atoms with van der Waals surface area (Å²) in [5.74, 6) is 0. The van der Waals surface area contributed by atoms with Crippen LogP contribution >= 0.6 is 0 Å². The number of rotatable bonds is 7. The zero-order valence-corrected chi connectivity index (χ0v) is 16.4. The molecule has 0 amide bonds. The van der Waals surface area contributed by atoms with Gasteiger partial charge in [0, 0.05) is 24.7 Å². The molecule has 0 radical (unpaired) electrons. The minimum atomic E-state index is -0.836. The molecule has 2 aromatic rings. The fraction of sp³-hybridized carbons (Fsp3) is 0.524. The Morgan fingerprint density at radius 3 is 2.57 bits per heavy atom. The van der Waals surface area contributed by atoms with E-state index in [0.29, 0.717) is 18.5 Å². The van der Waals surface area contributed by atoms with Crippen LogP contribution in [0.3, 0.4) is 0 Å². The van der Waals surface area contributed by atoms with Crippen LogP contribution in [0.5, 0.6) is 0 Å². The van der Waals surface area contributed by atoms with Crippen molar-refractivity contribution in [1.29, 1.82) is 0 Å². The first kappa shape index (κ1) is 20.5. The fourth-order valence-electron chi connectivity index (χ4n) is 3.69. The number of hydrogen-bond donors (Lipinski definition) is 2. The van der Waals surface area contributed by atoms with Crippen LogP contribution in [0, 0.1) is 13.8 Å². The van der Waals surface area contributed by atoms with Gasteiger partial charge in [-0.25, -0.2) is 4.79 Å². The number of hydrogen-bond acceptors (Lipinski definition) is 5. The summed E-state index contributed by atoms with van der Waals surface area (Å²) in [4.78, 5) is 25.3. The van der Waals surface area contributed by atoms with Crippen molar-refractivity contribution in [1.82, 2.24) is 9.13 Å². The molecule has 3 atom stereocenters. The largest absolute Gasteiger partial charge is 0.394 e. The first-order valence-corrected chi connectivity index (χ1v) is 9.74. The van der Waals surface area contributed by atoms with Crippen LogP contribution in [0.15, 0.2) is 40.1 Å². The van der Waals surface area contributed by atoms with Gasteiger partial charge in [-0.05, 0) is 44.2 Å². The topological polar surface area (TPSA) is 93.7 Å². The molecule has 1 aliphatic rings. The molecule has 2 heterocycles. The maximum Gasteiger partial charge on any atom is 0.333 e. The Morgan fingerprint density at radius 1 is 1.14 bits per heavy atom. The lowest BCUT2D eigenvalue weighted by molar-refractivity contribution is -0.0464. The molecule has 0 saturated carbocycles. The number of unbranched alkanes of at least 4 members (excludes halogenated alkanes) is 1. The smallest absolute Gasteiger partial charge is 0.333 e. The average molecular weight is 388 g/mol. The molecule has 2 N–H and O–H groups in total. The Hall–Kier alpha value is -2.22. The highest BCUT2D eigenvalue weighted by Gasteiger charge is 2.35. The Morgan fingerprint density at radius 2 is 1.89 bits per heavy atom. The lowest BCUT2D eigenvalue weighted by atomic mass is 10.0. The summed E-state index contributed by atoms with van der Waals surface area (Å²) in [7, 11) is 0. The quantitative estimate of drug-likeness (QED) is 0.697. The number of aliphatic hydroxyl groups excluding tert-OH is 2. The van der Waals surface area contributed by atoms with E-state index >= 15 is 0 Å². The van der Waals surface area contributed by atoms with Crippen molar-refractivity contribution >= 4 is 0 Å². The summed E-state index contributed by atoms with van der Waals surface area (Å²) in [6.07, 6.45) is 1.93. The second kappa shape index (κ2) is 8.86. The summed E-state index contributed by atoms with van der Waals surface area (Å²) in [5.41, 5.74) is 2.23. The second-order valence-corrected chi connectivity index (χ2v) is 7.46. The summed E-state index contributed by atoms with van der Waals surface area (Å²) in [6.45, 7) is 3.76. The fourth-order valence-corrected chi connectivity index (χ4v) is 3.69. The van der Waals surface area contributed by atoms with Crippen molar-refractivity contribution in [3.8, 4) is 0 Å². The molecule has 0 unspecified atom stereocenters. The van der Waals surface area contributed by atoms with E-state index in [2.05, 4.69) is 19.1 Å². The number of aryl methyl sites for hydroxylation is 3. The Bertz CT molecular complexity index is 933.